The van der Waals surface area contributed by atoms with E-state index in [1.54, 1.807) is 19.1 Å². The Kier molecular flexibility index (Phi) is 5.41. The molecule has 3 nitrogen and oxygen atoms in total. The molecule has 0 aliphatic heterocycles. The number of para-hydroxylation sites is 1. The monoisotopic (exact) mass is 301 g/mol. The Hall–Kier alpha value is -2.26. The van der Waals surface area contributed by atoms with Gasteiger partial charge in [0.05, 0.1) is 12.3 Å². The van der Waals surface area contributed by atoms with Gasteiger partial charge in [0, 0.05) is 16.8 Å². The number of esters is 1. The van der Waals surface area contributed by atoms with Crippen molar-refractivity contribution in [3.63, 3.8) is 0 Å². The van der Waals surface area contributed by atoms with Gasteiger partial charge < -0.3 is 10.1 Å². The maximum atomic E-state index is 11.7. The van der Waals surface area contributed by atoms with Gasteiger partial charge in [0.15, 0.2) is 0 Å². The molecule has 0 aliphatic carbocycles. The zero-order valence-electron chi connectivity index (χ0n) is 11.7. The molecule has 0 fully saturated rings. The molecule has 0 saturated carbocycles. The van der Waals surface area contributed by atoms with Gasteiger partial charge in [-0.05, 0) is 36.8 Å². The molecule has 0 unspecified atom stereocenters. The topological polar surface area (TPSA) is 38.3 Å². The number of hydrogen-bond donors (Lipinski definition) is 1. The predicted molar refractivity (Wildman–Crippen MR) is 86.1 cm³/mol. The number of benzene rings is 2. The highest BCUT2D eigenvalue weighted by molar-refractivity contribution is 6.30. The molecule has 0 aliphatic rings. The van der Waals surface area contributed by atoms with Crippen LogP contribution in [-0.2, 0) is 9.53 Å². The quantitative estimate of drug-likeness (QED) is 0.659. The van der Waals surface area contributed by atoms with Crippen LogP contribution in [0.1, 0.15) is 12.5 Å². The van der Waals surface area contributed by atoms with Crippen molar-refractivity contribution in [1.29, 1.82) is 0 Å². The fourth-order valence-corrected chi connectivity index (χ4v) is 1.93. The van der Waals surface area contributed by atoms with Crippen LogP contribution >= 0.6 is 11.6 Å². The number of anilines is 1. The van der Waals surface area contributed by atoms with E-state index in [1.807, 2.05) is 42.5 Å². The molecule has 0 amide bonds. The Labute approximate surface area is 129 Å². The van der Waals surface area contributed by atoms with E-state index in [9.17, 15) is 4.79 Å². The molecule has 0 spiro atoms. The van der Waals surface area contributed by atoms with Crippen molar-refractivity contribution >= 4 is 29.0 Å². The van der Waals surface area contributed by atoms with Gasteiger partial charge in [0.1, 0.15) is 0 Å². The lowest BCUT2D eigenvalue weighted by Gasteiger charge is -2.11. The molecule has 0 bridgehead atoms. The summed E-state index contributed by atoms with van der Waals surface area (Å²) >= 11 is 5.90. The van der Waals surface area contributed by atoms with Crippen molar-refractivity contribution in [2.45, 2.75) is 6.92 Å². The molecule has 4 heteroatoms. The summed E-state index contributed by atoms with van der Waals surface area (Å²) < 4.78 is 4.97. The van der Waals surface area contributed by atoms with E-state index < -0.39 is 0 Å². The van der Waals surface area contributed by atoms with Crippen LogP contribution in [0, 0.1) is 0 Å². The Morgan fingerprint density at radius 1 is 1.14 bits per heavy atom. The number of rotatable bonds is 5. The predicted octanol–water partition coefficient (Wildman–Crippen LogP) is 4.36. The molecule has 0 radical (unpaired) electrons. The lowest BCUT2D eigenvalue weighted by Crippen LogP contribution is -2.05. The van der Waals surface area contributed by atoms with E-state index in [0.717, 1.165) is 11.3 Å². The van der Waals surface area contributed by atoms with Gasteiger partial charge in [0.25, 0.3) is 0 Å². The van der Waals surface area contributed by atoms with E-state index in [4.69, 9.17) is 16.3 Å². The first-order valence-corrected chi connectivity index (χ1v) is 7.03. The molecule has 2 aromatic rings. The third kappa shape index (κ3) is 4.65. The minimum atomic E-state index is -0.383. The molecule has 108 valence electrons. The molecule has 0 heterocycles. The lowest BCUT2D eigenvalue weighted by molar-refractivity contribution is -0.137. The summed E-state index contributed by atoms with van der Waals surface area (Å²) in [5.41, 5.74) is 2.41. The van der Waals surface area contributed by atoms with Crippen LogP contribution in [0.5, 0.6) is 0 Å². The first-order chi connectivity index (χ1) is 10.2. The van der Waals surface area contributed by atoms with Crippen molar-refractivity contribution < 1.29 is 9.53 Å². The van der Waals surface area contributed by atoms with Gasteiger partial charge in [-0.3, -0.25) is 0 Å². The highest BCUT2D eigenvalue weighted by Gasteiger charge is 2.06. The minimum Gasteiger partial charge on any atom is -0.463 e. The third-order valence-corrected chi connectivity index (χ3v) is 3.01. The van der Waals surface area contributed by atoms with E-state index >= 15 is 0 Å². The summed E-state index contributed by atoms with van der Waals surface area (Å²) in [6.45, 7) is 2.12. The number of halogens is 1. The van der Waals surface area contributed by atoms with Gasteiger partial charge in [-0.15, -0.1) is 0 Å². The molecule has 0 atom stereocenters. The van der Waals surface area contributed by atoms with Crippen molar-refractivity contribution in [3.05, 3.63) is 71.3 Å². The second kappa shape index (κ2) is 7.50. The molecule has 2 aromatic carbocycles. The minimum absolute atomic E-state index is 0.342. The van der Waals surface area contributed by atoms with Gasteiger partial charge in [-0.2, -0.15) is 0 Å². The number of nitrogens with one attached hydrogen (secondary N) is 1. The van der Waals surface area contributed by atoms with Crippen molar-refractivity contribution in [2.24, 2.45) is 0 Å². The first-order valence-electron chi connectivity index (χ1n) is 6.65. The highest BCUT2D eigenvalue weighted by Crippen LogP contribution is 2.20. The number of carbonyl (C=O) groups is 1. The summed E-state index contributed by atoms with van der Waals surface area (Å²) in [7, 11) is 0. The van der Waals surface area contributed by atoms with Crippen LogP contribution in [0.2, 0.25) is 5.02 Å². The molecule has 2 rings (SSSR count). The van der Waals surface area contributed by atoms with Crippen molar-refractivity contribution in [2.75, 3.05) is 11.9 Å². The maximum absolute atomic E-state index is 11.7. The van der Waals surface area contributed by atoms with Gasteiger partial charge in [-0.25, -0.2) is 4.79 Å². The Morgan fingerprint density at radius 2 is 1.81 bits per heavy atom. The van der Waals surface area contributed by atoms with Crippen LogP contribution < -0.4 is 5.32 Å². The summed E-state index contributed by atoms with van der Waals surface area (Å²) in [6, 6.07) is 16.9. The standard InChI is InChI=1S/C17H16ClNO2/c1-2-21-17(20)12-16(13-8-10-14(18)11-9-13)19-15-6-4-3-5-7-15/h3-12,19H,2H2,1H3/b16-12-. The second-order valence-electron chi connectivity index (χ2n) is 4.31. The van der Waals surface area contributed by atoms with E-state index in [0.29, 0.717) is 17.3 Å². The molecule has 0 saturated heterocycles. The highest BCUT2D eigenvalue weighted by atomic mass is 35.5. The fraction of sp³-hybridized carbons (Fsp3) is 0.118. The van der Waals surface area contributed by atoms with Gasteiger partial charge in [-0.1, -0.05) is 41.9 Å². The molecule has 0 aromatic heterocycles. The second-order valence-corrected chi connectivity index (χ2v) is 4.74. The largest absolute Gasteiger partial charge is 0.463 e. The summed E-state index contributed by atoms with van der Waals surface area (Å²) in [5, 5.41) is 3.87. The summed E-state index contributed by atoms with van der Waals surface area (Å²) in [4.78, 5) is 11.7. The van der Waals surface area contributed by atoms with E-state index in [-0.39, 0.29) is 5.97 Å². The molecule has 1 N–H and O–H groups in total. The summed E-state index contributed by atoms with van der Waals surface area (Å²) in [5.74, 6) is -0.383. The van der Waals surface area contributed by atoms with Gasteiger partial charge in [0.2, 0.25) is 0 Å². The SMILES string of the molecule is CCOC(=O)/C=C(\Nc1ccccc1)c1ccc(Cl)cc1. The van der Waals surface area contributed by atoms with Crippen LogP contribution in [0.3, 0.4) is 0 Å². The smallest absolute Gasteiger partial charge is 0.332 e. The van der Waals surface area contributed by atoms with Crippen LogP contribution in [0.15, 0.2) is 60.7 Å². The zero-order chi connectivity index (χ0) is 15.1. The average molecular weight is 302 g/mol. The molecule has 21 heavy (non-hydrogen) atoms. The zero-order valence-corrected chi connectivity index (χ0v) is 12.4. The Morgan fingerprint density at radius 3 is 2.43 bits per heavy atom. The normalized spacial score (nSPS) is 11.0. The molecular weight excluding hydrogens is 286 g/mol. The molecular formula is C17H16ClNO2. The van der Waals surface area contributed by atoms with E-state index in [1.165, 1.54) is 6.08 Å². The van der Waals surface area contributed by atoms with Crippen LogP contribution in [0.25, 0.3) is 5.70 Å². The van der Waals surface area contributed by atoms with Crippen LogP contribution in [-0.4, -0.2) is 12.6 Å². The number of hydrogen-bond acceptors (Lipinski definition) is 3. The van der Waals surface area contributed by atoms with Crippen molar-refractivity contribution in [3.8, 4) is 0 Å². The number of ether oxygens (including phenoxy) is 1. The third-order valence-electron chi connectivity index (χ3n) is 2.76. The van der Waals surface area contributed by atoms with Crippen molar-refractivity contribution in [1.82, 2.24) is 0 Å². The Bertz CT molecular complexity index is 621. The summed E-state index contributed by atoms with van der Waals surface area (Å²) in [6.07, 6.45) is 1.44. The first kappa shape index (κ1) is 15.1. The fourth-order valence-electron chi connectivity index (χ4n) is 1.80. The lowest BCUT2D eigenvalue weighted by atomic mass is 10.1. The van der Waals surface area contributed by atoms with Crippen LogP contribution in [0.4, 0.5) is 5.69 Å². The number of carbonyl (C=O) groups excluding carboxylic acids is 1. The maximum Gasteiger partial charge on any atom is 0.332 e. The van der Waals surface area contributed by atoms with E-state index in [2.05, 4.69) is 5.32 Å². The van der Waals surface area contributed by atoms with Gasteiger partial charge >= 0.3 is 5.97 Å². The average Bonchev–Trinajstić information content (AvgIpc) is 2.49. The Balaban J connectivity index is 2.30.